The van der Waals surface area contributed by atoms with Crippen molar-refractivity contribution >= 4 is 43.8 Å². The molecule has 0 saturated heterocycles. The largest absolute Gasteiger partial charge is 0.312 e. The molecule has 0 saturated carbocycles. The molecule has 0 spiro atoms. The molecule has 0 bridgehead atoms. The van der Waals surface area contributed by atoms with Gasteiger partial charge >= 0.3 is 0 Å². The van der Waals surface area contributed by atoms with E-state index in [1.54, 1.807) is 22.7 Å². The summed E-state index contributed by atoms with van der Waals surface area (Å²) in [5.74, 6) is -0.152. The lowest BCUT2D eigenvalue weighted by molar-refractivity contribution is 0.102. The van der Waals surface area contributed by atoms with Crippen molar-refractivity contribution in [2.24, 2.45) is 0 Å². The Morgan fingerprint density at radius 1 is 1.21 bits per heavy atom. The van der Waals surface area contributed by atoms with E-state index in [0.717, 1.165) is 46.2 Å². The highest BCUT2D eigenvalue weighted by Crippen LogP contribution is 2.46. The molecule has 0 radical (unpaired) electrons. The third-order valence-corrected chi connectivity index (χ3v) is 7.68. The fraction of sp³-hybridized carbons (Fsp3) is 0.318. The maximum absolute atomic E-state index is 13.0. The van der Waals surface area contributed by atoms with Gasteiger partial charge in [0.2, 0.25) is 0 Å². The topological polar surface area (TPSA) is 59.8 Å². The number of carbonyl (C=O) groups is 1. The third-order valence-electron chi connectivity index (χ3n) is 5.42. The maximum atomic E-state index is 13.0. The standard InChI is InChI=1S/C22H22N4OS2/c1-3-26-13(2)12-16(25-26)20(27)24-22-19(14-8-4-6-10-17(14)28-22)21-23-15-9-5-7-11-18(15)29-21/h5,7,9,11-12H,3-4,6,8,10H2,1-2H3,(H,24,27). The number of para-hydroxylation sites is 1. The number of thiophene rings is 1. The van der Waals surface area contributed by atoms with Crippen molar-refractivity contribution in [3.05, 3.63) is 52.2 Å². The number of hydrogen-bond donors (Lipinski definition) is 1. The second kappa shape index (κ2) is 7.39. The van der Waals surface area contributed by atoms with Crippen molar-refractivity contribution in [1.82, 2.24) is 14.8 Å². The average Bonchev–Trinajstić information content (AvgIpc) is 3.41. The minimum Gasteiger partial charge on any atom is -0.312 e. The normalized spacial score (nSPS) is 13.6. The molecular weight excluding hydrogens is 400 g/mol. The van der Waals surface area contributed by atoms with Gasteiger partial charge in [0.25, 0.3) is 5.91 Å². The Kier molecular flexibility index (Phi) is 4.72. The Bertz CT molecular complexity index is 1180. The quantitative estimate of drug-likeness (QED) is 0.460. The van der Waals surface area contributed by atoms with Gasteiger partial charge in [0, 0.05) is 22.7 Å². The van der Waals surface area contributed by atoms with Crippen LogP contribution in [0.5, 0.6) is 0 Å². The molecule has 0 fully saturated rings. The van der Waals surface area contributed by atoms with Crippen molar-refractivity contribution < 1.29 is 4.79 Å². The molecule has 3 aromatic heterocycles. The Balaban J connectivity index is 1.57. The van der Waals surface area contributed by atoms with Crippen LogP contribution in [0.2, 0.25) is 0 Å². The first-order valence-electron chi connectivity index (χ1n) is 10.0. The molecule has 0 atom stereocenters. The summed E-state index contributed by atoms with van der Waals surface area (Å²) in [6.07, 6.45) is 4.53. The minimum atomic E-state index is -0.152. The van der Waals surface area contributed by atoms with Crippen molar-refractivity contribution in [2.75, 3.05) is 5.32 Å². The second-order valence-corrected chi connectivity index (χ2v) is 9.48. The van der Waals surface area contributed by atoms with E-state index in [1.807, 2.05) is 42.8 Å². The number of hydrogen-bond acceptors (Lipinski definition) is 5. The van der Waals surface area contributed by atoms with Crippen LogP contribution in [0, 0.1) is 6.92 Å². The van der Waals surface area contributed by atoms with Crippen LogP contribution < -0.4 is 5.32 Å². The first-order valence-corrected chi connectivity index (χ1v) is 11.6. The van der Waals surface area contributed by atoms with Gasteiger partial charge in [-0.2, -0.15) is 5.10 Å². The summed E-state index contributed by atoms with van der Waals surface area (Å²) in [6.45, 7) is 4.76. The molecule has 4 aromatic rings. The van der Waals surface area contributed by atoms with Crippen LogP contribution >= 0.6 is 22.7 Å². The van der Waals surface area contributed by atoms with Crippen LogP contribution in [-0.4, -0.2) is 20.7 Å². The summed E-state index contributed by atoms with van der Waals surface area (Å²) < 4.78 is 3.02. The number of nitrogens with one attached hydrogen (secondary N) is 1. The molecule has 0 unspecified atom stereocenters. The van der Waals surface area contributed by atoms with E-state index in [-0.39, 0.29) is 5.91 Å². The number of thiazole rings is 1. The van der Waals surface area contributed by atoms with Crippen LogP contribution in [0.3, 0.4) is 0 Å². The number of rotatable bonds is 4. The number of anilines is 1. The fourth-order valence-corrected chi connectivity index (χ4v) is 6.36. The van der Waals surface area contributed by atoms with Gasteiger partial charge in [-0.1, -0.05) is 12.1 Å². The molecule has 5 nitrogen and oxygen atoms in total. The smallest absolute Gasteiger partial charge is 0.276 e. The van der Waals surface area contributed by atoms with Crippen molar-refractivity contribution in [1.29, 1.82) is 0 Å². The zero-order valence-corrected chi connectivity index (χ0v) is 18.1. The summed E-state index contributed by atoms with van der Waals surface area (Å²) in [4.78, 5) is 19.2. The lowest BCUT2D eigenvalue weighted by Gasteiger charge is -2.11. The number of benzene rings is 1. The number of aromatic nitrogens is 3. The van der Waals surface area contributed by atoms with Gasteiger partial charge < -0.3 is 5.32 Å². The van der Waals surface area contributed by atoms with E-state index >= 15 is 0 Å². The number of nitrogens with zero attached hydrogens (tertiary/aromatic N) is 3. The number of amides is 1. The zero-order chi connectivity index (χ0) is 20.0. The highest BCUT2D eigenvalue weighted by Gasteiger charge is 2.26. The van der Waals surface area contributed by atoms with Gasteiger partial charge in [0.15, 0.2) is 5.69 Å². The van der Waals surface area contributed by atoms with Gasteiger partial charge in [-0.05, 0) is 63.3 Å². The Morgan fingerprint density at radius 3 is 2.83 bits per heavy atom. The summed E-state index contributed by atoms with van der Waals surface area (Å²) in [6, 6.07) is 10.1. The molecule has 148 valence electrons. The maximum Gasteiger partial charge on any atom is 0.276 e. The molecule has 7 heteroatoms. The van der Waals surface area contributed by atoms with Gasteiger partial charge in [0.05, 0.1) is 10.2 Å². The molecule has 1 aliphatic rings. The molecule has 3 heterocycles. The van der Waals surface area contributed by atoms with Gasteiger partial charge in [-0.25, -0.2) is 4.98 Å². The monoisotopic (exact) mass is 422 g/mol. The Morgan fingerprint density at radius 2 is 2.03 bits per heavy atom. The number of aryl methyl sites for hydroxylation is 3. The Hall–Kier alpha value is -2.51. The third kappa shape index (κ3) is 3.28. The van der Waals surface area contributed by atoms with E-state index < -0.39 is 0 Å². The van der Waals surface area contributed by atoms with Crippen LogP contribution in [0.15, 0.2) is 30.3 Å². The molecule has 1 N–H and O–H groups in total. The number of fused-ring (bicyclic) bond motifs is 2. The lowest BCUT2D eigenvalue weighted by atomic mass is 9.96. The van der Waals surface area contributed by atoms with Crippen molar-refractivity contribution in [3.8, 4) is 10.6 Å². The summed E-state index contributed by atoms with van der Waals surface area (Å²) >= 11 is 3.41. The highest BCUT2D eigenvalue weighted by molar-refractivity contribution is 7.22. The van der Waals surface area contributed by atoms with Crippen LogP contribution in [0.25, 0.3) is 20.8 Å². The zero-order valence-electron chi connectivity index (χ0n) is 16.5. The minimum absolute atomic E-state index is 0.152. The molecule has 1 aromatic carbocycles. The van der Waals surface area contributed by atoms with E-state index in [2.05, 4.69) is 16.5 Å². The average molecular weight is 423 g/mol. The van der Waals surface area contributed by atoms with Crippen LogP contribution in [-0.2, 0) is 19.4 Å². The van der Waals surface area contributed by atoms with Gasteiger partial charge in [0.1, 0.15) is 10.0 Å². The van der Waals surface area contributed by atoms with E-state index in [0.29, 0.717) is 5.69 Å². The summed E-state index contributed by atoms with van der Waals surface area (Å²) in [5, 5.41) is 9.51. The summed E-state index contributed by atoms with van der Waals surface area (Å²) in [7, 11) is 0. The fourth-order valence-electron chi connectivity index (χ4n) is 3.97. The molecule has 5 rings (SSSR count). The van der Waals surface area contributed by atoms with Gasteiger partial charge in [-0.3, -0.25) is 9.48 Å². The Labute approximate surface area is 177 Å². The predicted octanol–water partition coefficient (Wildman–Crippen LogP) is 5.68. The first kappa shape index (κ1) is 18.5. The molecular formula is C22H22N4OS2. The van der Waals surface area contributed by atoms with Crippen LogP contribution in [0.4, 0.5) is 5.00 Å². The van der Waals surface area contributed by atoms with Crippen molar-refractivity contribution in [2.45, 2.75) is 46.1 Å². The van der Waals surface area contributed by atoms with E-state index in [4.69, 9.17) is 4.98 Å². The molecule has 1 amide bonds. The molecule has 1 aliphatic carbocycles. The predicted molar refractivity (Wildman–Crippen MR) is 120 cm³/mol. The lowest BCUT2D eigenvalue weighted by Crippen LogP contribution is -2.13. The number of carbonyl (C=O) groups excluding carboxylic acids is 1. The highest BCUT2D eigenvalue weighted by atomic mass is 32.1. The SMILES string of the molecule is CCn1nc(C(=O)Nc2sc3c(c2-c2nc4ccccc4s2)CCCC3)cc1C. The van der Waals surface area contributed by atoms with Crippen LogP contribution in [0.1, 0.15) is 46.4 Å². The first-order chi connectivity index (χ1) is 14.1. The second-order valence-electron chi connectivity index (χ2n) is 7.34. The molecule has 29 heavy (non-hydrogen) atoms. The van der Waals surface area contributed by atoms with E-state index in [1.165, 1.54) is 28.0 Å². The van der Waals surface area contributed by atoms with E-state index in [9.17, 15) is 4.79 Å². The molecule has 0 aliphatic heterocycles. The summed E-state index contributed by atoms with van der Waals surface area (Å²) in [5.41, 5.74) is 4.95. The van der Waals surface area contributed by atoms with Crippen molar-refractivity contribution in [3.63, 3.8) is 0 Å². The van der Waals surface area contributed by atoms with Gasteiger partial charge in [-0.15, -0.1) is 22.7 Å².